The van der Waals surface area contributed by atoms with E-state index in [1.165, 1.54) is 6.20 Å². The van der Waals surface area contributed by atoms with E-state index in [4.69, 9.17) is 5.11 Å². The number of benzene rings is 1. The highest BCUT2D eigenvalue weighted by Crippen LogP contribution is 2.19. The molecule has 1 aromatic heterocycles. The predicted molar refractivity (Wildman–Crippen MR) is 74.0 cm³/mol. The Morgan fingerprint density at radius 1 is 1.30 bits per heavy atom. The van der Waals surface area contributed by atoms with Crippen LogP contribution >= 0.6 is 0 Å². The lowest BCUT2D eigenvalue weighted by atomic mass is 10.1. The summed E-state index contributed by atoms with van der Waals surface area (Å²) in [6, 6.07) is 4.38. The topological polar surface area (TPSA) is 96.3 Å². The van der Waals surface area contributed by atoms with Gasteiger partial charge in [0, 0.05) is 13.2 Å². The molecule has 1 heterocycles. The summed E-state index contributed by atoms with van der Waals surface area (Å²) < 4.78 is 1.55. The van der Waals surface area contributed by atoms with Crippen molar-refractivity contribution in [2.45, 2.75) is 6.92 Å². The summed E-state index contributed by atoms with van der Waals surface area (Å²) in [6.07, 6.45) is 3.13. The zero-order valence-electron chi connectivity index (χ0n) is 11.0. The molecule has 2 aromatic rings. The van der Waals surface area contributed by atoms with Crippen molar-refractivity contribution >= 4 is 23.4 Å². The monoisotopic (exact) mass is 274 g/mol. The summed E-state index contributed by atoms with van der Waals surface area (Å²) in [5, 5.41) is 18.2. The van der Waals surface area contributed by atoms with E-state index in [1.54, 1.807) is 43.0 Å². The second kappa shape index (κ2) is 5.43. The van der Waals surface area contributed by atoms with E-state index in [2.05, 4.69) is 15.7 Å². The van der Waals surface area contributed by atoms with Crippen molar-refractivity contribution in [1.29, 1.82) is 0 Å². The van der Waals surface area contributed by atoms with Crippen molar-refractivity contribution in [2.24, 2.45) is 7.05 Å². The number of aromatic carboxylic acids is 1. The number of nitrogens with zero attached hydrogens (tertiary/aromatic N) is 2. The number of aryl methyl sites for hydroxylation is 2. The molecule has 104 valence electrons. The number of carbonyl (C=O) groups is 2. The van der Waals surface area contributed by atoms with Gasteiger partial charge in [-0.15, -0.1) is 0 Å². The standard InChI is InChI=1S/C13H14N4O3/c1-8-4-3-5-10(11(8)12(18)19)16-13(20)15-9-6-14-17(2)7-9/h3-7H,1-2H3,(H,18,19)(H2,15,16,20). The van der Waals surface area contributed by atoms with E-state index in [-0.39, 0.29) is 11.3 Å². The molecule has 0 bridgehead atoms. The average molecular weight is 274 g/mol. The number of nitrogens with one attached hydrogen (secondary N) is 2. The highest BCUT2D eigenvalue weighted by atomic mass is 16.4. The van der Waals surface area contributed by atoms with Gasteiger partial charge in [-0.05, 0) is 18.6 Å². The van der Waals surface area contributed by atoms with Crippen LogP contribution in [0.4, 0.5) is 16.2 Å². The van der Waals surface area contributed by atoms with Gasteiger partial charge < -0.3 is 15.7 Å². The summed E-state index contributed by atoms with van der Waals surface area (Å²) >= 11 is 0. The van der Waals surface area contributed by atoms with Crippen molar-refractivity contribution < 1.29 is 14.7 Å². The fourth-order valence-corrected chi connectivity index (χ4v) is 1.83. The Morgan fingerprint density at radius 2 is 2.05 bits per heavy atom. The number of carbonyl (C=O) groups excluding carboxylic acids is 1. The van der Waals surface area contributed by atoms with E-state index in [1.807, 2.05) is 0 Å². The number of amides is 2. The van der Waals surface area contributed by atoms with E-state index >= 15 is 0 Å². The van der Waals surface area contributed by atoms with Gasteiger partial charge in [0.2, 0.25) is 0 Å². The largest absolute Gasteiger partial charge is 0.478 e. The predicted octanol–water partition coefficient (Wildman–Crippen LogP) is 2.07. The smallest absolute Gasteiger partial charge is 0.338 e. The van der Waals surface area contributed by atoms with Crippen LogP contribution in [0.2, 0.25) is 0 Å². The summed E-state index contributed by atoms with van der Waals surface area (Å²) in [7, 11) is 1.73. The van der Waals surface area contributed by atoms with Gasteiger partial charge in [-0.3, -0.25) is 4.68 Å². The van der Waals surface area contributed by atoms with Crippen LogP contribution in [-0.2, 0) is 7.05 Å². The number of anilines is 2. The quantitative estimate of drug-likeness (QED) is 0.798. The molecule has 0 aliphatic heterocycles. The molecule has 0 aliphatic carbocycles. The van der Waals surface area contributed by atoms with E-state index in [0.717, 1.165) is 0 Å². The van der Waals surface area contributed by atoms with Gasteiger partial charge in [-0.25, -0.2) is 9.59 Å². The number of carboxylic acids is 1. The van der Waals surface area contributed by atoms with Gasteiger partial charge in [-0.2, -0.15) is 5.10 Å². The van der Waals surface area contributed by atoms with Gasteiger partial charge in [0.15, 0.2) is 0 Å². The molecule has 0 spiro atoms. The van der Waals surface area contributed by atoms with Gasteiger partial charge in [0.05, 0.1) is 23.1 Å². The molecule has 20 heavy (non-hydrogen) atoms. The van der Waals surface area contributed by atoms with E-state index < -0.39 is 12.0 Å². The summed E-state index contributed by atoms with van der Waals surface area (Å²) in [5.41, 5.74) is 1.43. The Balaban J connectivity index is 2.16. The van der Waals surface area contributed by atoms with Crippen molar-refractivity contribution in [3.05, 3.63) is 41.7 Å². The Labute approximate surface area is 115 Å². The van der Waals surface area contributed by atoms with E-state index in [9.17, 15) is 9.59 Å². The third-order valence-electron chi connectivity index (χ3n) is 2.70. The second-order valence-corrected chi connectivity index (χ2v) is 4.28. The van der Waals surface area contributed by atoms with Gasteiger partial charge in [0.1, 0.15) is 0 Å². The molecule has 0 saturated heterocycles. The van der Waals surface area contributed by atoms with Crippen molar-refractivity contribution in [1.82, 2.24) is 9.78 Å². The molecular weight excluding hydrogens is 260 g/mol. The second-order valence-electron chi connectivity index (χ2n) is 4.28. The molecule has 1 aromatic carbocycles. The Bertz CT molecular complexity index is 663. The minimum atomic E-state index is -1.08. The first-order chi connectivity index (χ1) is 9.47. The van der Waals surface area contributed by atoms with E-state index in [0.29, 0.717) is 11.3 Å². The summed E-state index contributed by atoms with van der Waals surface area (Å²) in [6.45, 7) is 1.67. The molecule has 7 heteroatoms. The molecule has 0 radical (unpaired) electrons. The number of rotatable bonds is 3. The maximum absolute atomic E-state index is 11.8. The molecule has 0 saturated carbocycles. The fourth-order valence-electron chi connectivity index (χ4n) is 1.83. The van der Waals surface area contributed by atoms with Gasteiger partial charge >= 0.3 is 12.0 Å². The molecule has 3 N–H and O–H groups in total. The number of hydrogen-bond acceptors (Lipinski definition) is 3. The highest BCUT2D eigenvalue weighted by molar-refractivity contribution is 6.05. The SMILES string of the molecule is Cc1cccc(NC(=O)Nc2cnn(C)c2)c1C(=O)O. The lowest BCUT2D eigenvalue weighted by Gasteiger charge is -2.10. The highest BCUT2D eigenvalue weighted by Gasteiger charge is 2.15. The average Bonchev–Trinajstić information content (AvgIpc) is 2.74. The maximum Gasteiger partial charge on any atom is 0.338 e. The normalized spacial score (nSPS) is 10.1. The van der Waals surface area contributed by atoms with Crippen LogP contribution in [0.25, 0.3) is 0 Å². The van der Waals surface area contributed by atoms with Crippen LogP contribution in [0.5, 0.6) is 0 Å². The number of urea groups is 1. The number of carboxylic acid groups (broad SMARTS) is 1. The van der Waals surface area contributed by atoms with Crippen LogP contribution in [-0.4, -0.2) is 26.9 Å². The van der Waals surface area contributed by atoms with Crippen LogP contribution in [0.15, 0.2) is 30.6 Å². The molecule has 0 unspecified atom stereocenters. The summed E-state index contributed by atoms with van der Waals surface area (Å²) in [4.78, 5) is 23.0. The maximum atomic E-state index is 11.8. The lowest BCUT2D eigenvalue weighted by Crippen LogP contribution is -2.21. The molecule has 0 fully saturated rings. The van der Waals surface area contributed by atoms with Crippen molar-refractivity contribution in [3.8, 4) is 0 Å². The third-order valence-corrected chi connectivity index (χ3v) is 2.70. The van der Waals surface area contributed by atoms with Crippen LogP contribution in [0.1, 0.15) is 15.9 Å². The molecule has 0 atom stereocenters. The van der Waals surface area contributed by atoms with Crippen molar-refractivity contribution in [2.75, 3.05) is 10.6 Å². The first kappa shape index (κ1) is 13.6. The zero-order chi connectivity index (χ0) is 14.7. The van der Waals surface area contributed by atoms with Gasteiger partial charge in [0.25, 0.3) is 0 Å². The first-order valence-electron chi connectivity index (χ1n) is 5.87. The molecule has 7 nitrogen and oxygen atoms in total. The lowest BCUT2D eigenvalue weighted by molar-refractivity contribution is 0.0697. The molecule has 2 amide bonds. The molecule has 2 rings (SSSR count). The first-order valence-corrected chi connectivity index (χ1v) is 5.87. The Hall–Kier alpha value is -2.83. The summed E-state index contributed by atoms with van der Waals surface area (Å²) in [5.74, 6) is -1.08. The van der Waals surface area contributed by atoms with Crippen LogP contribution in [0, 0.1) is 6.92 Å². The van der Waals surface area contributed by atoms with Crippen LogP contribution < -0.4 is 10.6 Å². The molecular formula is C13H14N4O3. The fraction of sp³-hybridized carbons (Fsp3) is 0.154. The molecule has 0 aliphatic rings. The zero-order valence-corrected chi connectivity index (χ0v) is 11.0. The van der Waals surface area contributed by atoms with Crippen LogP contribution in [0.3, 0.4) is 0 Å². The number of hydrogen-bond donors (Lipinski definition) is 3. The minimum Gasteiger partial charge on any atom is -0.478 e. The van der Waals surface area contributed by atoms with Gasteiger partial charge in [-0.1, -0.05) is 12.1 Å². The number of aromatic nitrogens is 2. The van der Waals surface area contributed by atoms with Crippen molar-refractivity contribution in [3.63, 3.8) is 0 Å². The Kier molecular flexibility index (Phi) is 3.69. The third kappa shape index (κ3) is 2.94. The Morgan fingerprint density at radius 3 is 2.65 bits per heavy atom. The minimum absolute atomic E-state index is 0.0776.